The van der Waals surface area contributed by atoms with Crippen molar-refractivity contribution in [3.8, 4) is 5.75 Å². The Kier molecular flexibility index (Phi) is 3.34. The van der Waals surface area contributed by atoms with E-state index in [0.29, 0.717) is 12.6 Å². The van der Waals surface area contributed by atoms with E-state index in [1.54, 1.807) is 0 Å². The molecule has 88 valence electrons. The quantitative estimate of drug-likeness (QED) is 0.822. The lowest BCUT2D eigenvalue weighted by Gasteiger charge is -2.28. The number of hydrogen-bond donors (Lipinski definition) is 2. The first-order valence-corrected chi connectivity index (χ1v) is 5.82. The second-order valence-corrected chi connectivity index (χ2v) is 4.48. The molecule has 1 unspecified atom stereocenters. The number of benzene rings is 1. The Labute approximate surface area is 96.4 Å². The molecule has 0 aromatic heterocycles. The van der Waals surface area contributed by atoms with Gasteiger partial charge in [-0.15, -0.1) is 0 Å². The van der Waals surface area contributed by atoms with Crippen LogP contribution in [0.2, 0.25) is 0 Å². The maximum Gasteiger partial charge on any atom is 0.145 e. The number of fused-ring (bicyclic) bond motifs is 1. The molecule has 0 spiro atoms. The Hall–Kier alpha value is -1.22. The lowest BCUT2D eigenvalue weighted by molar-refractivity contribution is 0.248. The number of anilines is 1. The monoisotopic (exact) mass is 221 g/mol. The molecule has 1 aromatic carbocycles. The zero-order chi connectivity index (χ0) is 11.5. The van der Waals surface area contributed by atoms with Gasteiger partial charge in [-0.05, 0) is 43.9 Å². The first kappa shape index (κ1) is 11.3. The van der Waals surface area contributed by atoms with Crippen LogP contribution < -0.4 is 10.1 Å². The fourth-order valence-electron chi connectivity index (χ4n) is 2.19. The zero-order valence-electron chi connectivity index (χ0n) is 9.92. The van der Waals surface area contributed by atoms with Crippen molar-refractivity contribution in [2.45, 2.75) is 32.7 Å². The van der Waals surface area contributed by atoms with Gasteiger partial charge in [0.1, 0.15) is 12.4 Å². The van der Waals surface area contributed by atoms with Gasteiger partial charge in [-0.3, -0.25) is 0 Å². The fourth-order valence-corrected chi connectivity index (χ4v) is 2.19. The summed E-state index contributed by atoms with van der Waals surface area (Å²) in [6.45, 7) is 5.10. The molecule has 3 nitrogen and oxygen atoms in total. The van der Waals surface area contributed by atoms with Crippen LogP contribution in [-0.2, 0) is 0 Å². The smallest absolute Gasteiger partial charge is 0.145 e. The van der Waals surface area contributed by atoms with Crippen molar-refractivity contribution in [3.05, 3.63) is 23.3 Å². The topological polar surface area (TPSA) is 41.5 Å². The van der Waals surface area contributed by atoms with Gasteiger partial charge in [0.25, 0.3) is 0 Å². The fraction of sp³-hybridized carbons (Fsp3) is 0.538. The van der Waals surface area contributed by atoms with Crippen LogP contribution in [-0.4, -0.2) is 24.4 Å². The van der Waals surface area contributed by atoms with E-state index in [9.17, 15) is 0 Å². The van der Waals surface area contributed by atoms with Gasteiger partial charge in [-0.1, -0.05) is 6.07 Å². The van der Waals surface area contributed by atoms with Gasteiger partial charge in [0.15, 0.2) is 0 Å². The highest BCUT2D eigenvalue weighted by Gasteiger charge is 2.19. The summed E-state index contributed by atoms with van der Waals surface area (Å²) < 4.78 is 5.77. The van der Waals surface area contributed by atoms with E-state index < -0.39 is 0 Å². The number of aliphatic hydroxyl groups excluding tert-OH is 1. The Bertz CT molecular complexity index is 376. The van der Waals surface area contributed by atoms with Crippen LogP contribution in [0, 0.1) is 13.8 Å². The third-order valence-electron chi connectivity index (χ3n) is 2.92. The van der Waals surface area contributed by atoms with E-state index in [2.05, 4.69) is 31.3 Å². The normalized spacial score (nSPS) is 18.6. The number of aliphatic hydroxyl groups is 1. The second kappa shape index (κ2) is 4.74. The van der Waals surface area contributed by atoms with Crippen molar-refractivity contribution in [3.63, 3.8) is 0 Å². The van der Waals surface area contributed by atoms with Crippen molar-refractivity contribution in [1.82, 2.24) is 0 Å². The predicted octanol–water partition coefficient (Wildman–Crippen LogP) is 2.25. The van der Waals surface area contributed by atoms with E-state index in [1.165, 1.54) is 11.1 Å². The third kappa shape index (κ3) is 2.30. The SMILES string of the molecule is Cc1cc(C)c2c(c1)NC(CCCO)CO2. The van der Waals surface area contributed by atoms with E-state index in [-0.39, 0.29) is 6.61 Å². The number of rotatable bonds is 3. The van der Waals surface area contributed by atoms with Crippen molar-refractivity contribution >= 4 is 5.69 Å². The molecule has 3 heteroatoms. The highest BCUT2D eigenvalue weighted by Crippen LogP contribution is 2.34. The largest absolute Gasteiger partial charge is 0.489 e. The second-order valence-electron chi connectivity index (χ2n) is 4.48. The van der Waals surface area contributed by atoms with Crippen LogP contribution >= 0.6 is 0 Å². The summed E-state index contributed by atoms with van der Waals surface area (Å²) in [7, 11) is 0. The predicted molar refractivity (Wildman–Crippen MR) is 65.1 cm³/mol. The lowest BCUT2D eigenvalue weighted by Crippen LogP contribution is -2.31. The van der Waals surface area contributed by atoms with Gasteiger partial charge in [-0.25, -0.2) is 0 Å². The number of hydrogen-bond acceptors (Lipinski definition) is 3. The van der Waals surface area contributed by atoms with Crippen LogP contribution in [0.3, 0.4) is 0 Å². The van der Waals surface area contributed by atoms with Gasteiger partial charge >= 0.3 is 0 Å². The first-order chi connectivity index (χ1) is 7.70. The Balaban J connectivity index is 2.13. The maximum atomic E-state index is 8.81. The summed E-state index contributed by atoms with van der Waals surface area (Å²) >= 11 is 0. The van der Waals surface area contributed by atoms with Crippen molar-refractivity contribution < 1.29 is 9.84 Å². The standard InChI is InChI=1S/C13H19NO2/c1-9-6-10(2)13-12(7-9)14-11(8-16-13)4-3-5-15/h6-7,11,14-15H,3-5,8H2,1-2H3. The minimum Gasteiger partial charge on any atom is -0.489 e. The maximum absolute atomic E-state index is 8.81. The summed E-state index contributed by atoms with van der Waals surface area (Å²) in [6, 6.07) is 4.57. The zero-order valence-corrected chi connectivity index (χ0v) is 9.92. The molecule has 16 heavy (non-hydrogen) atoms. The van der Waals surface area contributed by atoms with Crippen molar-refractivity contribution in [1.29, 1.82) is 0 Å². The van der Waals surface area contributed by atoms with Gasteiger partial charge in [0.2, 0.25) is 0 Å². The molecule has 2 rings (SSSR count). The molecule has 1 heterocycles. The van der Waals surface area contributed by atoms with Crippen LogP contribution in [0.5, 0.6) is 5.75 Å². The van der Waals surface area contributed by atoms with Crippen LogP contribution in [0.4, 0.5) is 5.69 Å². The van der Waals surface area contributed by atoms with Crippen molar-refractivity contribution in [2.75, 3.05) is 18.5 Å². The molecule has 0 bridgehead atoms. The molecule has 1 aliphatic rings. The number of ether oxygens (including phenoxy) is 1. The van der Waals surface area contributed by atoms with Crippen LogP contribution in [0.15, 0.2) is 12.1 Å². The first-order valence-electron chi connectivity index (χ1n) is 5.82. The summed E-state index contributed by atoms with van der Waals surface area (Å²) in [5, 5.41) is 12.3. The Morgan fingerprint density at radius 1 is 1.44 bits per heavy atom. The van der Waals surface area contributed by atoms with Crippen LogP contribution in [0.25, 0.3) is 0 Å². The summed E-state index contributed by atoms with van der Waals surface area (Å²) in [4.78, 5) is 0. The number of nitrogens with one attached hydrogen (secondary N) is 1. The lowest BCUT2D eigenvalue weighted by atomic mass is 10.1. The summed E-state index contributed by atoms with van der Waals surface area (Å²) in [5.41, 5.74) is 3.52. The summed E-state index contributed by atoms with van der Waals surface area (Å²) in [5.74, 6) is 0.978. The van der Waals surface area contributed by atoms with E-state index in [4.69, 9.17) is 9.84 Å². The summed E-state index contributed by atoms with van der Waals surface area (Å²) in [6.07, 6.45) is 1.77. The molecule has 1 aliphatic heterocycles. The van der Waals surface area contributed by atoms with Gasteiger partial charge in [0.05, 0.1) is 11.7 Å². The number of aryl methyl sites for hydroxylation is 2. The molecule has 0 fully saturated rings. The molecule has 2 N–H and O–H groups in total. The Morgan fingerprint density at radius 2 is 2.25 bits per heavy atom. The Morgan fingerprint density at radius 3 is 3.00 bits per heavy atom. The van der Waals surface area contributed by atoms with E-state index in [0.717, 1.165) is 24.3 Å². The highest BCUT2D eigenvalue weighted by atomic mass is 16.5. The van der Waals surface area contributed by atoms with Crippen LogP contribution in [0.1, 0.15) is 24.0 Å². The molecule has 0 saturated carbocycles. The highest BCUT2D eigenvalue weighted by molar-refractivity contribution is 5.63. The van der Waals surface area contributed by atoms with Crippen molar-refractivity contribution in [2.24, 2.45) is 0 Å². The molecular formula is C13H19NO2. The molecule has 0 radical (unpaired) electrons. The van der Waals surface area contributed by atoms with Gasteiger partial charge in [-0.2, -0.15) is 0 Å². The molecule has 0 aliphatic carbocycles. The average Bonchev–Trinajstić information content (AvgIpc) is 2.25. The molecule has 1 aromatic rings. The molecule has 0 amide bonds. The minimum atomic E-state index is 0.248. The average molecular weight is 221 g/mol. The van der Waals surface area contributed by atoms with E-state index >= 15 is 0 Å². The molecule has 1 atom stereocenters. The van der Waals surface area contributed by atoms with Gasteiger partial charge in [0, 0.05) is 6.61 Å². The minimum absolute atomic E-state index is 0.248. The van der Waals surface area contributed by atoms with Gasteiger partial charge < -0.3 is 15.2 Å². The third-order valence-corrected chi connectivity index (χ3v) is 2.92. The van der Waals surface area contributed by atoms with E-state index in [1.807, 2.05) is 0 Å². The molecule has 0 saturated heterocycles. The molecular weight excluding hydrogens is 202 g/mol.